The van der Waals surface area contributed by atoms with Crippen LogP contribution in [0.1, 0.15) is 47.9 Å². The fraction of sp³-hybridized carbons (Fsp3) is 0.256. The summed E-state index contributed by atoms with van der Waals surface area (Å²) in [7, 11) is 0. The summed E-state index contributed by atoms with van der Waals surface area (Å²) >= 11 is 3.10. The average molecular weight is 775 g/mol. The molecule has 1 heterocycles. The third-order valence-electron chi connectivity index (χ3n) is 7.78. The maximum Gasteiger partial charge on any atom is 0.338 e. The number of benzene rings is 4. The van der Waals surface area contributed by atoms with Crippen molar-refractivity contribution in [2.75, 3.05) is 25.1 Å². The van der Waals surface area contributed by atoms with Crippen LogP contribution in [-0.4, -0.2) is 85.6 Å². The van der Waals surface area contributed by atoms with Crippen LogP contribution in [0.5, 0.6) is 0 Å². The number of halogens is 1. The Bertz CT molecular complexity index is 1780. The van der Waals surface area contributed by atoms with E-state index in [0.29, 0.717) is 6.42 Å². The molecule has 4 aromatic carbocycles. The zero-order valence-corrected chi connectivity index (χ0v) is 29.4. The molecule has 1 saturated heterocycles. The molecule has 5 rings (SSSR count). The fourth-order valence-electron chi connectivity index (χ4n) is 5.21. The molecule has 12 nitrogen and oxygen atoms in total. The van der Waals surface area contributed by atoms with Gasteiger partial charge in [0.25, 0.3) is 0 Å². The van der Waals surface area contributed by atoms with Crippen LogP contribution in [-0.2, 0) is 33.2 Å². The molecule has 0 aromatic heterocycles. The number of rotatable bonds is 15. The van der Waals surface area contributed by atoms with E-state index in [1.54, 1.807) is 84.9 Å². The Hall–Kier alpha value is -5.37. The molecule has 270 valence electrons. The molecule has 0 bridgehead atoms. The number of carbonyl (C=O) groups excluding carboxylic acids is 5. The van der Waals surface area contributed by atoms with Gasteiger partial charge in [-0.2, -0.15) is 0 Å². The largest absolute Gasteiger partial charge is 0.459 e. The smallest absolute Gasteiger partial charge is 0.338 e. The van der Waals surface area contributed by atoms with Gasteiger partial charge in [-0.15, -0.1) is 0 Å². The Labute approximate surface area is 308 Å². The van der Waals surface area contributed by atoms with Gasteiger partial charge in [-0.3, -0.25) is 4.79 Å². The fourth-order valence-corrected chi connectivity index (χ4v) is 5.41. The van der Waals surface area contributed by atoms with Gasteiger partial charge in [0.05, 0.1) is 34.2 Å². The molecular weight excluding hydrogens is 738 g/mol. The Kier molecular flexibility index (Phi) is 14.1. The van der Waals surface area contributed by atoms with E-state index in [1.807, 2.05) is 0 Å². The highest BCUT2D eigenvalue weighted by Crippen LogP contribution is 2.32. The number of amides is 1. The van der Waals surface area contributed by atoms with Crippen molar-refractivity contribution in [1.82, 2.24) is 5.32 Å². The van der Waals surface area contributed by atoms with Crippen molar-refractivity contribution in [3.8, 4) is 0 Å². The van der Waals surface area contributed by atoms with Crippen molar-refractivity contribution in [2.45, 2.75) is 37.1 Å². The van der Waals surface area contributed by atoms with Crippen LogP contribution in [0.4, 0.5) is 0 Å². The second kappa shape index (κ2) is 19.3. The van der Waals surface area contributed by atoms with Crippen LogP contribution in [0.25, 0.3) is 0 Å². The molecule has 0 unspecified atom stereocenters. The van der Waals surface area contributed by atoms with Gasteiger partial charge in [0.2, 0.25) is 5.91 Å². The van der Waals surface area contributed by atoms with Crippen LogP contribution in [0, 0.1) is 0 Å². The van der Waals surface area contributed by atoms with E-state index in [-0.39, 0.29) is 46.6 Å². The molecular formula is C39H36BrNO11. The molecule has 0 saturated carbocycles. The van der Waals surface area contributed by atoms with E-state index in [1.165, 1.54) is 36.4 Å². The summed E-state index contributed by atoms with van der Waals surface area (Å²) in [6, 6.07) is 32.5. The first kappa shape index (κ1) is 37.9. The van der Waals surface area contributed by atoms with Gasteiger partial charge in [0, 0.05) is 6.54 Å². The van der Waals surface area contributed by atoms with Crippen LogP contribution < -0.4 is 5.32 Å². The Morgan fingerprint density at radius 2 is 1.00 bits per heavy atom. The normalized spacial score (nSPS) is 19.4. The molecule has 0 radical (unpaired) electrons. The zero-order chi connectivity index (χ0) is 36.7. The lowest BCUT2D eigenvalue weighted by molar-refractivity contribution is -0.298. The summed E-state index contributed by atoms with van der Waals surface area (Å²) in [6.45, 7) is -0.217. The standard InChI is InChI=1S/C39H36BrNO11/c40-24-31(42)41-22-13-23-47-39-34(52-38(46)29-20-11-4-12-21-29)33(51-37(45)28-18-9-3-10-19-28)32(50-36(44)27-16-7-2-8-17-27)30(49-39)25-48-35(43)26-14-5-1-6-15-26/h1-12,14-21,30,32-34,39H,13,22-25H2,(H,41,42)/t30-,32-,33+,34-,39-/m1/s1. The maximum absolute atomic E-state index is 13.7. The third-order valence-corrected chi connectivity index (χ3v) is 8.29. The topological polar surface area (TPSA) is 153 Å². The summed E-state index contributed by atoms with van der Waals surface area (Å²) < 4.78 is 36.0. The number of esters is 4. The molecule has 5 atom stereocenters. The highest BCUT2D eigenvalue weighted by atomic mass is 79.9. The molecule has 1 N–H and O–H groups in total. The van der Waals surface area contributed by atoms with Crippen LogP contribution >= 0.6 is 15.9 Å². The van der Waals surface area contributed by atoms with Crippen LogP contribution in [0.3, 0.4) is 0 Å². The summed E-state index contributed by atoms with van der Waals surface area (Å²) in [5, 5.41) is 2.84. The van der Waals surface area contributed by atoms with Crippen LogP contribution in [0.2, 0.25) is 0 Å². The minimum Gasteiger partial charge on any atom is -0.459 e. The van der Waals surface area contributed by atoms with E-state index < -0.39 is 61.2 Å². The third kappa shape index (κ3) is 10.6. The molecule has 0 spiro atoms. The molecule has 52 heavy (non-hydrogen) atoms. The van der Waals surface area contributed by atoms with Crippen molar-refractivity contribution < 1.29 is 52.4 Å². The van der Waals surface area contributed by atoms with Crippen molar-refractivity contribution in [2.24, 2.45) is 0 Å². The lowest BCUT2D eigenvalue weighted by Crippen LogP contribution is -2.63. The van der Waals surface area contributed by atoms with E-state index in [4.69, 9.17) is 28.4 Å². The SMILES string of the molecule is O=C(CBr)NCCCO[C@@H]1O[C@H](COC(=O)c2ccccc2)[C@@H](OC(=O)c2ccccc2)[C@H](OC(=O)c2ccccc2)[C@H]1OC(=O)c1ccccc1. The summed E-state index contributed by atoms with van der Waals surface area (Å²) in [4.78, 5) is 65.6. The molecule has 13 heteroatoms. The highest BCUT2D eigenvalue weighted by molar-refractivity contribution is 9.09. The van der Waals surface area contributed by atoms with E-state index >= 15 is 0 Å². The van der Waals surface area contributed by atoms with Crippen molar-refractivity contribution >= 4 is 45.7 Å². The van der Waals surface area contributed by atoms with E-state index in [0.717, 1.165) is 0 Å². The first-order valence-corrected chi connectivity index (χ1v) is 17.6. The van der Waals surface area contributed by atoms with Crippen molar-refractivity contribution in [3.63, 3.8) is 0 Å². The number of hydrogen-bond donors (Lipinski definition) is 1. The number of ether oxygens (including phenoxy) is 6. The predicted octanol–water partition coefficient (Wildman–Crippen LogP) is 5.16. The minimum absolute atomic E-state index is 0.00301. The average Bonchev–Trinajstić information content (AvgIpc) is 3.19. The van der Waals surface area contributed by atoms with Gasteiger partial charge in [0.1, 0.15) is 12.7 Å². The second-order valence-corrected chi connectivity index (χ2v) is 12.0. The van der Waals surface area contributed by atoms with Gasteiger partial charge in [-0.05, 0) is 55.0 Å². The Morgan fingerprint density at radius 3 is 1.46 bits per heavy atom. The lowest BCUT2D eigenvalue weighted by atomic mass is 9.97. The highest BCUT2D eigenvalue weighted by Gasteiger charge is 2.53. The number of alkyl halides is 1. The van der Waals surface area contributed by atoms with Gasteiger partial charge in [0.15, 0.2) is 24.6 Å². The van der Waals surface area contributed by atoms with Gasteiger partial charge in [-0.25, -0.2) is 19.2 Å². The van der Waals surface area contributed by atoms with E-state index in [2.05, 4.69) is 21.2 Å². The van der Waals surface area contributed by atoms with Crippen molar-refractivity contribution in [3.05, 3.63) is 144 Å². The van der Waals surface area contributed by atoms with Crippen LogP contribution in [0.15, 0.2) is 121 Å². The molecule has 1 aliphatic rings. The first-order chi connectivity index (χ1) is 25.3. The Morgan fingerprint density at radius 1 is 0.577 bits per heavy atom. The maximum atomic E-state index is 13.7. The lowest BCUT2D eigenvalue weighted by Gasteiger charge is -2.44. The quantitative estimate of drug-likeness (QED) is 0.0738. The zero-order valence-electron chi connectivity index (χ0n) is 27.8. The minimum atomic E-state index is -1.53. The molecule has 1 aliphatic heterocycles. The van der Waals surface area contributed by atoms with Gasteiger partial charge < -0.3 is 33.7 Å². The molecule has 0 aliphatic carbocycles. The molecule has 1 fully saturated rings. The van der Waals surface area contributed by atoms with Gasteiger partial charge in [-0.1, -0.05) is 88.7 Å². The summed E-state index contributed by atoms with van der Waals surface area (Å²) in [5.74, 6) is -3.32. The second-order valence-electron chi connectivity index (χ2n) is 11.4. The molecule has 4 aromatic rings. The monoisotopic (exact) mass is 773 g/mol. The number of nitrogens with one attached hydrogen (secondary N) is 1. The van der Waals surface area contributed by atoms with Gasteiger partial charge >= 0.3 is 23.9 Å². The molecule has 1 amide bonds. The number of carbonyl (C=O) groups is 5. The van der Waals surface area contributed by atoms with Crippen molar-refractivity contribution in [1.29, 1.82) is 0 Å². The predicted molar refractivity (Wildman–Crippen MR) is 190 cm³/mol. The summed E-state index contributed by atoms with van der Waals surface area (Å²) in [6.07, 6.45) is -6.87. The Balaban J connectivity index is 1.51. The first-order valence-electron chi connectivity index (χ1n) is 16.4. The number of hydrogen-bond acceptors (Lipinski definition) is 11. The van der Waals surface area contributed by atoms with E-state index in [9.17, 15) is 24.0 Å². The summed E-state index contributed by atoms with van der Waals surface area (Å²) in [5.41, 5.74) is 0.791.